The van der Waals surface area contributed by atoms with Gasteiger partial charge in [-0.2, -0.15) is 4.31 Å². The number of sulfonamides is 1. The van der Waals surface area contributed by atoms with E-state index < -0.39 is 15.9 Å². The zero-order chi connectivity index (χ0) is 13.8. The molecule has 1 heterocycles. The molecule has 18 heavy (non-hydrogen) atoms. The minimum Gasteiger partial charge on any atom is -0.369 e. The number of rotatable bonds is 7. The highest BCUT2D eigenvalue weighted by Gasteiger charge is 2.28. The van der Waals surface area contributed by atoms with Crippen molar-refractivity contribution in [2.45, 2.75) is 24.0 Å². The summed E-state index contributed by atoms with van der Waals surface area (Å²) in [6, 6.07) is 1.67. The molecule has 0 aliphatic carbocycles. The predicted octanol–water partition coefficient (Wildman–Crippen LogP) is 1.79. The molecule has 5 nitrogen and oxygen atoms in total. The normalized spacial score (nSPS) is 11.9. The topological polar surface area (TPSA) is 80.5 Å². The van der Waals surface area contributed by atoms with E-state index in [1.165, 1.54) is 0 Å². The number of thiophene rings is 1. The van der Waals surface area contributed by atoms with E-state index >= 15 is 0 Å². The van der Waals surface area contributed by atoms with Gasteiger partial charge in [-0.3, -0.25) is 4.79 Å². The van der Waals surface area contributed by atoms with E-state index in [1.807, 2.05) is 6.92 Å². The number of nitrogens with two attached hydrogens (primary N) is 1. The fraction of sp³-hybridized carbons (Fsp3) is 0.500. The Morgan fingerprint density at radius 3 is 2.67 bits per heavy atom. The Hall–Kier alpha value is -0.440. The molecule has 102 valence electrons. The standard InChI is InChI=1S/C10H15BrN2O3S2/c1-2-3-5-13(7-9(12)14)18(15,16)10-8(11)4-6-17-10/h4,6H,2-3,5,7H2,1H3,(H2,12,14). The molecular formula is C10H15BrN2O3S2. The Balaban J connectivity index is 3.03. The van der Waals surface area contributed by atoms with Crippen LogP contribution in [0.3, 0.4) is 0 Å². The molecule has 0 fully saturated rings. The smallest absolute Gasteiger partial charge is 0.254 e. The Labute approximate surface area is 119 Å². The highest BCUT2D eigenvalue weighted by Crippen LogP contribution is 2.30. The highest BCUT2D eigenvalue weighted by atomic mass is 79.9. The molecule has 0 aromatic carbocycles. The van der Waals surface area contributed by atoms with Crippen LogP contribution in [0.25, 0.3) is 0 Å². The van der Waals surface area contributed by atoms with Gasteiger partial charge in [-0.25, -0.2) is 8.42 Å². The zero-order valence-corrected chi connectivity index (χ0v) is 13.1. The minimum atomic E-state index is -3.65. The maximum atomic E-state index is 12.4. The molecule has 0 unspecified atom stereocenters. The average molecular weight is 355 g/mol. The van der Waals surface area contributed by atoms with Crippen molar-refractivity contribution in [1.29, 1.82) is 0 Å². The summed E-state index contributed by atoms with van der Waals surface area (Å²) in [6.45, 7) is 1.97. The van der Waals surface area contributed by atoms with Crippen LogP contribution in [0.15, 0.2) is 20.1 Å². The largest absolute Gasteiger partial charge is 0.369 e. The van der Waals surface area contributed by atoms with Crippen LogP contribution >= 0.6 is 27.3 Å². The van der Waals surface area contributed by atoms with Gasteiger partial charge in [0.15, 0.2) is 0 Å². The average Bonchev–Trinajstić information content (AvgIpc) is 2.70. The summed E-state index contributed by atoms with van der Waals surface area (Å²) in [6.07, 6.45) is 1.53. The van der Waals surface area contributed by atoms with Crippen molar-refractivity contribution in [3.8, 4) is 0 Å². The summed E-state index contributed by atoms with van der Waals surface area (Å²) in [5, 5.41) is 1.68. The Bertz CT molecular complexity index is 513. The van der Waals surface area contributed by atoms with Gasteiger partial charge in [0.25, 0.3) is 10.0 Å². The van der Waals surface area contributed by atoms with Gasteiger partial charge in [-0.15, -0.1) is 11.3 Å². The van der Waals surface area contributed by atoms with Crippen molar-refractivity contribution >= 4 is 43.2 Å². The number of hydrogen-bond donors (Lipinski definition) is 1. The van der Waals surface area contributed by atoms with Crippen LogP contribution in [0.5, 0.6) is 0 Å². The van der Waals surface area contributed by atoms with Crippen molar-refractivity contribution in [1.82, 2.24) is 4.31 Å². The quantitative estimate of drug-likeness (QED) is 0.810. The van der Waals surface area contributed by atoms with Gasteiger partial charge < -0.3 is 5.73 Å². The maximum Gasteiger partial charge on any atom is 0.254 e. The number of halogens is 1. The monoisotopic (exact) mass is 354 g/mol. The molecule has 1 amide bonds. The predicted molar refractivity (Wildman–Crippen MR) is 74.9 cm³/mol. The van der Waals surface area contributed by atoms with Gasteiger partial charge in [-0.1, -0.05) is 13.3 Å². The Morgan fingerprint density at radius 2 is 2.22 bits per heavy atom. The Kier molecular flexibility index (Phi) is 5.77. The summed E-state index contributed by atoms with van der Waals surface area (Å²) in [7, 11) is -3.65. The van der Waals surface area contributed by atoms with E-state index in [1.54, 1.807) is 11.4 Å². The molecule has 1 aromatic heterocycles. The number of carbonyl (C=O) groups is 1. The third-order valence-corrected chi connectivity index (χ3v) is 6.74. The molecule has 0 saturated carbocycles. The van der Waals surface area contributed by atoms with Gasteiger partial charge in [0.2, 0.25) is 5.91 Å². The number of unbranched alkanes of at least 4 members (excludes halogenated alkanes) is 1. The van der Waals surface area contributed by atoms with Gasteiger partial charge in [0, 0.05) is 11.0 Å². The lowest BCUT2D eigenvalue weighted by Gasteiger charge is -2.19. The van der Waals surface area contributed by atoms with E-state index in [9.17, 15) is 13.2 Å². The fourth-order valence-electron chi connectivity index (χ4n) is 1.37. The molecule has 2 N–H and O–H groups in total. The summed E-state index contributed by atoms with van der Waals surface area (Å²) >= 11 is 4.31. The molecule has 0 spiro atoms. The van der Waals surface area contributed by atoms with Crippen LogP contribution in [0, 0.1) is 0 Å². The van der Waals surface area contributed by atoms with Crippen LogP contribution in [0.1, 0.15) is 19.8 Å². The van der Waals surface area contributed by atoms with Crippen LogP contribution in [-0.2, 0) is 14.8 Å². The molecule has 1 rings (SSSR count). The second kappa shape index (κ2) is 6.65. The van der Waals surface area contributed by atoms with Crippen molar-refractivity contribution < 1.29 is 13.2 Å². The van der Waals surface area contributed by atoms with Crippen LogP contribution in [0.2, 0.25) is 0 Å². The molecule has 0 bridgehead atoms. The molecule has 0 aliphatic heterocycles. The van der Waals surface area contributed by atoms with E-state index in [-0.39, 0.29) is 10.8 Å². The SMILES string of the molecule is CCCCN(CC(N)=O)S(=O)(=O)c1sccc1Br. The van der Waals surface area contributed by atoms with E-state index in [2.05, 4.69) is 15.9 Å². The van der Waals surface area contributed by atoms with Gasteiger partial charge in [0.05, 0.1) is 6.54 Å². The molecule has 0 atom stereocenters. The number of amides is 1. The second-order valence-electron chi connectivity index (χ2n) is 3.71. The van der Waals surface area contributed by atoms with Crippen LogP contribution in [-0.4, -0.2) is 31.7 Å². The first kappa shape index (κ1) is 15.6. The van der Waals surface area contributed by atoms with E-state index in [4.69, 9.17) is 5.73 Å². The number of hydrogen-bond acceptors (Lipinski definition) is 4. The van der Waals surface area contributed by atoms with Crippen molar-refractivity contribution in [3.05, 3.63) is 15.9 Å². The first-order chi connectivity index (χ1) is 8.39. The summed E-state index contributed by atoms with van der Waals surface area (Å²) < 4.78 is 26.6. The molecule has 0 aliphatic rings. The second-order valence-corrected chi connectivity index (χ2v) is 7.62. The minimum absolute atomic E-state index is 0.208. The lowest BCUT2D eigenvalue weighted by atomic mass is 10.3. The molecule has 1 aromatic rings. The third kappa shape index (κ3) is 3.78. The van der Waals surface area contributed by atoms with Crippen molar-refractivity contribution in [3.63, 3.8) is 0 Å². The first-order valence-corrected chi connectivity index (χ1v) is 8.52. The third-order valence-electron chi connectivity index (χ3n) is 2.25. The summed E-state index contributed by atoms with van der Waals surface area (Å²) in [4.78, 5) is 11.0. The maximum absolute atomic E-state index is 12.4. The number of nitrogens with zero attached hydrogens (tertiary/aromatic N) is 1. The molecule has 0 radical (unpaired) electrons. The van der Waals surface area contributed by atoms with Crippen LogP contribution < -0.4 is 5.73 Å². The Morgan fingerprint density at radius 1 is 1.56 bits per heavy atom. The van der Waals surface area contributed by atoms with E-state index in [0.29, 0.717) is 17.4 Å². The zero-order valence-electron chi connectivity index (χ0n) is 9.93. The lowest BCUT2D eigenvalue weighted by molar-refractivity contribution is -0.118. The van der Waals surface area contributed by atoms with Crippen molar-refractivity contribution in [2.75, 3.05) is 13.1 Å². The summed E-state index contributed by atoms with van der Waals surface area (Å²) in [5.41, 5.74) is 5.10. The molecule has 8 heteroatoms. The fourth-order valence-corrected chi connectivity index (χ4v) is 5.27. The number of primary amides is 1. The lowest BCUT2D eigenvalue weighted by Crippen LogP contribution is -2.38. The van der Waals surface area contributed by atoms with Gasteiger partial charge in [-0.05, 0) is 33.8 Å². The highest BCUT2D eigenvalue weighted by molar-refractivity contribution is 9.10. The van der Waals surface area contributed by atoms with Crippen molar-refractivity contribution in [2.24, 2.45) is 5.73 Å². The van der Waals surface area contributed by atoms with Gasteiger partial charge in [0.1, 0.15) is 4.21 Å². The molecular weight excluding hydrogens is 340 g/mol. The van der Waals surface area contributed by atoms with E-state index in [0.717, 1.165) is 22.1 Å². The summed E-state index contributed by atoms with van der Waals surface area (Å²) in [5.74, 6) is -0.651. The van der Waals surface area contributed by atoms with Gasteiger partial charge >= 0.3 is 0 Å². The van der Waals surface area contributed by atoms with Crippen LogP contribution in [0.4, 0.5) is 0 Å². The first-order valence-electron chi connectivity index (χ1n) is 5.41. The molecule has 0 saturated heterocycles. The number of carbonyl (C=O) groups excluding carboxylic acids is 1.